The van der Waals surface area contributed by atoms with Gasteiger partial charge in [0.25, 0.3) is 0 Å². The monoisotopic (exact) mass is 870 g/mol. The molecule has 25 atom stereocenters. The molecule has 0 bridgehead atoms. The van der Waals surface area contributed by atoms with Crippen molar-refractivity contribution in [3.63, 3.8) is 0 Å². The summed E-state index contributed by atoms with van der Waals surface area (Å²) in [5, 5.41) is 98.1. The molecule has 5 aliphatic heterocycles. The Kier molecular flexibility index (Phi) is 12.2. The Balaban J connectivity index is 0.925. The van der Waals surface area contributed by atoms with E-state index in [0.717, 1.165) is 38.5 Å². The zero-order valence-corrected chi connectivity index (χ0v) is 36.0. The van der Waals surface area contributed by atoms with Crippen LogP contribution in [0.5, 0.6) is 0 Å². The molecule has 0 unspecified atom stereocenters. The molecule has 17 heteroatoms. The second-order valence-electron chi connectivity index (χ2n) is 20.8. The average molecular weight is 871 g/mol. The summed E-state index contributed by atoms with van der Waals surface area (Å²) in [5.41, 5.74) is -0.160. The predicted molar refractivity (Wildman–Crippen MR) is 210 cm³/mol. The molecular weight excluding hydrogens is 800 g/mol. The van der Waals surface area contributed by atoms with E-state index in [2.05, 4.69) is 33.8 Å². The first-order chi connectivity index (χ1) is 28.9. The Labute approximate surface area is 357 Å². The summed E-state index contributed by atoms with van der Waals surface area (Å²) < 4.78 is 49.5. The van der Waals surface area contributed by atoms with E-state index in [9.17, 15) is 46.0 Å². The first-order valence-electron chi connectivity index (χ1n) is 22.9. The van der Waals surface area contributed by atoms with Crippen LogP contribution in [0, 0.1) is 40.4 Å². The zero-order chi connectivity index (χ0) is 43.6. The van der Waals surface area contributed by atoms with Crippen molar-refractivity contribution in [1.29, 1.82) is 0 Å². The van der Waals surface area contributed by atoms with Gasteiger partial charge in [0.15, 0.2) is 24.7 Å². The maximum absolute atomic E-state index is 13.0. The number of rotatable bonds is 7. The molecule has 9 aliphatic rings. The molecule has 0 radical (unpaired) electrons. The number of fused-ring (bicyclic) bond motifs is 7. The zero-order valence-electron chi connectivity index (χ0n) is 36.0. The summed E-state index contributed by atoms with van der Waals surface area (Å²) in [5.74, 6) is 0.647. The van der Waals surface area contributed by atoms with Crippen molar-refractivity contribution in [2.75, 3.05) is 19.8 Å². The van der Waals surface area contributed by atoms with Gasteiger partial charge < -0.3 is 83.9 Å². The fraction of sp³-hybridized carbons (Fsp3) is 0.955. The number of hydrogen-bond acceptors (Lipinski definition) is 17. The normalized spacial score (nSPS) is 58.4. The van der Waals surface area contributed by atoms with E-state index in [1.807, 2.05) is 0 Å². The molecule has 0 aromatic carbocycles. The van der Waals surface area contributed by atoms with Crippen molar-refractivity contribution in [2.45, 2.75) is 202 Å². The SMILES string of the molecule is C[C@@H]1CC[C@]2(OC1)O[C@@H]1C[C@@]3(O)[C@@H]4CC=C5C[C@H](O[C@@H]6O[C@H](CO)[C@@H](O[C@@H]7OC[C@H](O)[C@H](O)[C@@H]7O)[C@H](O)[C@H]6O[C@@H]6O[C@@H](C)[C@H](O)[C@@H](O)[C@@H]6O)CC[C@]5(C)[C@H]4CC[C@]3(C)[C@@H]1[C@@H]2C. The van der Waals surface area contributed by atoms with E-state index >= 15 is 0 Å². The highest BCUT2D eigenvalue weighted by Gasteiger charge is 2.74. The van der Waals surface area contributed by atoms with Crippen LogP contribution in [0.25, 0.3) is 0 Å². The summed E-state index contributed by atoms with van der Waals surface area (Å²) in [6, 6.07) is 0. The number of allylic oxidation sites excluding steroid dienone is 1. The van der Waals surface area contributed by atoms with Crippen LogP contribution in [0.15, 0.2) is 11.6 Å². The molecule has 0 aromatic heterocycles. The van der Waals surface area contributed by atoms with Crippen molar-refractivity contribution >= 4 is 0 Å². The van der Waals surface area contributed by atoms with Crippen LogP contribution in [-0.4, -0.2) is 175 Å². The van der Waals surface area contributed by atoms with Crippen molar-refractivity contribution < 1.29 is 83.9 Å². The van der Waals surface area contributed by atoms with Gasteiger partial charge in [-0.25, -0.2) is 0 Å². The van der Waals surface area contributed by atoms with Crippen LogP contribution in [0.1, 0.15) is 92.4 Å². The lowest BCUT2D eigenvalue weighted by Gasteiger charge is -2.62. The Morgan fingerprint density at radius 1 is 0.738 bits per heavy atom. The van der Waals surface area contributed by atoms with Crippen molar-refractivity contribution in [2.24, 2.45) is 40.4 Å². The third kappa shape index (κ3) is 7.14. The summed E-state index contributed by atoms with van der Waals surface area (Å²) in [7, 11) is 0. The lowest BCUT2D eigenvalue weighted by Crippen LogP contribution is -2.66. The fourth-order valence-corrected chi connectivity index (χ4v) is 13.7. The quantitative estimate of drug-likeness (QED) is 0.152. The van der Waals surface area contributed by atoms with Gasteiger partial charge in [0.2, 0.25) is 0 Å². The van der Waals surface area contributed by atoms with Crippen molar-refractivity contribution in [3.05, 3.63) is 11.6 Å². The van der Waals surface area contributed by atoms with Gasteiger partial charge in [-0.3, -0.25) is 0 Å². The second kappa shape index (κ2) is 16.4. The summed E-state index contributed by atoms with van der Waals surface area (Å²) in [6.45, 7) is 10.3. The largest absolute Gasteiger partial charge is 0.394 e. The summed E-state index contributed by atoms with van der Waals surface area (Å²) in [6.07, 6.45) is -11.8. The molecule has 61 heavy (non-hydrogen) atoms. The molecule has 0 amide bonds. The first-order valence-corrected chi connectivity index (χ1v) is 22.9. The smallest absolute Gasteiger partial charge is 0.187 e. The van der Waals surface area contributed by atoms with Gasteiger partial charge in [-0.1, -0.05) is 39.3 Å². The van der Waals surface area contributed by atoms with Crippen molar-refractivity contribution in [3.8, 4) is 0 Å². The topological polar surface area (TPSA) is 256 Å². The molecule has 9 N–H and O–H groups in total. The molecule has 4 aliphatic carbocycles. The van der Waals surface area contributed by atoms with Crippen molar-refractivity contribution in [1.82, 2.24) is 0 Å². The lowest BCUT2D eigenvalue weighted by atomic mass is 9.45. The van der Waals surface area contributed by atoms with Gasteiger partial charge in [0.05, 0.1) is 43.7 Å². The Morgan fingerprint density at radius 3 is 2.20 bits per heavy atom. The van der Waals surface area contributed by atoms with E-state index in [1.54, 1.807) is 0 Å². The molecule has 9 rings (SSSR count). The molecule has 5 saturated heterocycles. The van der Waals surface area contributed by atoms with Crippen LogP contribution >= 0.6 is 0 Å². The van der Waals surface area contributed by atoms with Crippen LogP contribution in [-0.2, 0) is 37.9 Å². The highest BCUT2D eigenvalue weighted by atomic mass is 16.8. The number of ether oxygens (including phenoxy) is 8. The Bertz CT molecular complexity index is 1610. The van der Waals surface area contributed by atoms with Crippen LogP contribution < -0.4 is 0 Å². The van der Waals surface area contributed by atoms with Gasteiger partial charge in [-0.05, 0) is 75.0 Å². The van der Waals surface area contributed by atoms with Crippen LogP contribution in [0.3, 0.4) is 0 Å². The number of aliphatic hydroxyl groups excluding tert-OH is 8. The molecule has 3 saturated carbocycles. The lowest BCUT2D eigenvalue weighted by molar-refractivity contribution is -0.385. The standard InChI is InChI=1S/C44H70O17/c1-19-8-13-44(55-17-19)20(2)29-27(61-44)15-43(53)25-7-6-22-14-23(9-11-41(22,4)24(25)10-12-42(29,43)5)57-40-37(60-39-34(51)32(49)30(47)21(3)56-39)35(52)36(28(16-45)58-40)59-38-33(50)31(48)26(46)18-54-38/h6,19-21,23-40,45-53H,7-18H2,1-5H3/t19-,20+,21+,23-,24+,25-,26+,27-,28-,29-,30+,31+,32-,33+,34+,35+,36-,37-,38+,39+,40-,41+,42-,43-,44+/m1/s1. The predicted octanol–water partition coefficient (Wildman–Crippen LogP) is -0.0319. The molecule has 348 valence electrons. The fourth-order valence-electron chi connectivity index (χ4n) is 13.7. The van der Waals surface area contributed by atoms with E-state index in [4.69, 9.17) is 37.9 Å². The van der Waals surface area contributed by atoms with Crippen LogP contribution in [0.2, 0.25) is 0 Å². The Hall–Kier alpha value is -0.940. The third-order valence-electron chi connectivity index (χ3n) is 17.5. The minimum absolute atomic E-state index is 0.0513. The van der Waals surface area contributed by atoms with Gasteiger partial charge >= 0.3 is 0 Å². The van der Waals surface area contributed by atoms with E-state index in [0.29, 0.717) is 31.8 Å². The highest BCUT2D eigenvalue weighted by molar-refractivity contribution is 5.29. The maximum Gasteiger partial charge on any atom is 0.187 e. The first kappa shape index (κ1) is 45.2. The molecule has 17 nitrogen and oxygen atoms in total. The average Bonchev–Trinajstić information content (AvgIpc) is 3.63. The minimum atomic E-state index is -1.73. The molecule has 1 spiro atoms. The number of aliphatic hydroxyl groups is 9. The Morgan fingerprint density at radius 2 is 1.48 bits per heavy atom. The molecule has 8 fully saturated rings. The van der Waals surface area contributed by atoms with Gasteiger partial charge in [0, 0.05) is 30.1 Å². The van der Waals surface area contributed by atoms with E-state index in [-0.39, 0.29) is 47.2 Å². The van der Waals surface area contributed by atoms with Crippen LogP contribution in [0.4, 0.5) is 0 Å². The summed E-state index contributed by atoms with van der Waals surface area (Å²) >= 11 is 0. The van der Waals surface area contributed by atoms with Gasteiger partial charge in [0.1, 0.15) is 61.0 Å². The van der Waals surface area contributed by atoms with Gasteiger partial charge in [-0.15, -0.1) is 0 Å². The minimum Gasteiger partial charge on any atom is -0.394 e. The van der Waals surface area contributed by atoms with E-state index in [1.165, 1.54) is 12.5 Å². The number of hydrogen-bond donors (Lipinski definition) is 9. The molecule has 5 heterocycles. The second-order valence-corrected chi connectivity index (χ2v) is 20.8. The van der Waals surface area contributed by atoms with E-state index < -0.39 is 110 Å². The molecular formula is C44H70O17. The van der Waals surface area contributed by atoms with Gasteiger partial charge in [-0.2, -0.15) is 0 Å². The maximum atomic E-state index is 13.0. The highest BCUT2D eigenvalue weighted by Crippen LogP contribution is 2.72. The molecule has 0 aromatic rings. The summed E-state index contributed by atoms with van der Waals surface area (Å²) in [4.78, 5) is 0. The third-order valence-corrected chi connectivity index (χ3v) is 17.5.